The first-order chi connectivity index (χ1) is 20.0. The number of hydrogen-bond donors (Lipinski definition) is 2. The summed E-state index contributed by atoms with van der Waals surface area (Å²) in [7, 11) is -3.90. The van der Waals surface area contributed by atoms with Crippen LogP contribution in [0.1, 0.15) is 16.4 Å². The third-order valence-electron chi connectivity index (χ3n) is 7.06. The monoisotopic (exact) mass is 624 g/mol. The Labute approximate surface area is 247 Å². The van der Waals surface area contributed by atoms with Gasteiger partial charge in [0.1, 0.15) is 17.6 Å². The van der Waals surface area contributed by atoms with Crippen molar-refractivity contribution >= 4 is 62.2 Å². The molecule has 42 heavy (non-hydrogen) atoms. The van der Waals surface area contributed by atoms with E-state index in [9.17, 15) is 32.0 Å². The first-order valence-corrected chi connectivity index (χ1v) is 15.8. The Bertz CT molecular complexity index is 1890. The first-order valence-electron chi connectivity index (χ1n) is 12.5. The van der Waals surface area contributed by atoms with Gasteiger partial charge in [0.2, 0.25) is 27.7 Å². The summed E-state index contributed by atoms with van der Waals surface area (Å²) in [4.78, 5) is 54.8. The molecule has 2 aliphatic heterocycles. The van der Waals surface area contributed by atoms with Crippen molar-refractivity contribution in [3.05, 3.63) is 105 Å². The highest BCUT2D eigenvalue weighted by Crippen LogP contribution is 2.53. The summed E-state index contributed by atoms with van der Waals surface area (Å²) in [6.45, 7) is -0.378. The van der Waals surface area contributed by atoms with Crippen molar-refractivity contribution < 1.29 is 27.2 Å². The summed E-state index contributed by atoms with van der Waals surface area (Å²) in [6.07, 6.45) is 0. The number of nitrogens with two attached hydrogens (primary N) is 1. The van der Waals surface area contributed by atoms with Crippen LogP contribution in [-0.2, 0) is 31.0 Å². The van der Waals surface area contributed by atoms with Gasteiger partial charge in [0.05, 0.1) is 21.5 Å². The Kier molecular flexibility index (Phi) is 7.09. The molecule has 1 saturated heterocycles. The molecule has 3 aromatic carbocycles. The minimum atomic E-state index is -3.90. The number of sulfonamides is 1. The minimum Gasteiger partial charge on any atom is -0.325 e. The van der Waals surface area contributed by atoms with Crippen LogP contribution >= 0.6 is 23.1 Å². The number of nitrogens with zero attached hydrogens (tertiary/aromatic N) is 2. The van der Waals surface area contributed by atoms with Crippen LogP contribution in [0.2, 0.25) is 0 Å². The number of fused-ring (bicyclic) bond motifs is 2. The zero-order valence-electron chi connectivity index (χ0n) is 21.5. The molecule has 214 valence electrons. The van der Waals surface area contributed by atoms with Gasteiger partial charge in [-0.2, -0.15) is 0 Å². The van der Waals surface area contributed by atoms with E-state index >= 15 is 0 Å². The summed E-state index contributed by atoms with van der Waals surface area (Å²) < 4.78 is 37.9. The van der Waals surface area contributed by atoms with Gasteiger partial charge in [-0.05, 0) is 54.1 Å². The average molecular weight is 625 g/mol. The Hall–Kier alpha value is -4.11. The van der Waals surface area contributed by atoms with Crippen molar-refractivity contribution in [3.63, 3.8) is 0 Å². The number of primary sulfonamides is 1. The van der Waals surface area contributed by atoms with Crippen molar-refractivity contribution in [3.8, 4) is 0 Å². The highest BCUT2D eigenvalue weighted by atomic mass is 32.2. The van der Waals surface area contributed by atoms with Crippen LogP contribution in [0.15, 0.2) is 93.6 Å². The Morgan fingerprint density at radius 1 is 0.929 bits per heavy atom. The second kappa shape index (κ2) is 10.6. The lowest BCUT2D eigenvalue weighted by molar-refractivity contribution is -0.122. The maximum Gasteiger partial charge on any atom is 0.308 e. The van der Waals surface area contributed by atoms with Crippen LogP contribution in [0.4, 0.5) is 15.8 Å². The maximum absolute atomic E-state index is 13.8. The molecule has 3 amide bonds. The van der Waals surface area contributed by atoms with Gasteiger partial charge in [0.25, 0.3) is 0 Å². The summed E-state index contributed by atoms with van der Waals surface area (Å²) in [5.74, 6) is -3.44. The third kappa shape index (κ3) is 4.96. The first kappa shape index (κ1) is 28.0. The van der Waals surface area contributed by atoms with Crippen LogP contribution in [0, 0.1) is 11.7 Å². The van der Waals surface area contributed by atoms with Gasteiger partial charge in [-0.1, -0.05) is 53.4 Å². The fourth-order valence-electron chi connectivity index (χ4n) is 5.19. The normalized spacial score (nSPS) is 19.9. The van der Waals surface area contributed by atoms with Crippen LogP contribution in [-0.4, -0.2) is 36.0 Å². The van der Waals surface area contributed by atoms with E-state index in [2.05, 4.69) is 5.32 Å². The number of thiazole rings is 1. The number of aromatic nitrogens is 1. The molecule has 4 aromatic rings. The van der Waals surface area contributed by atoms with E-state index < -0.39 is 55.5 Å². The standard InChI is InChI=1S/C28H21FN4O6S3/c29-16-6-10-18(11-7-16)33-25(35)22-21(15-4-2-1-3-5-15)24-27(40-23(22)26(33)36)32(28(37)41-24)14-20(34)31-17-8-12-19(13-9-17)42(30,38)39/h1-13,21-23H,14H2,(H,31,34)(H2,30,38,39)/t21-,22?,23?/m1/s1. The highest BCUT2D eigenvalue weighted by Gasteiger charge is 2.56. The van der Waals surface area contributed by atoms with Gasteiger partial charge in [-0.15, -0.1) is 0 Å². The number of carbonyl (C=O) groups excluding carboxylic acids is 3. The molecule has 1 aromatic heterocycles. The number of anilines is 2. The smallest absolute Gasteiger partial charge is 0.308 e. The molecule has 1 fully saturated rings. The Balaban J connectivity index is 1.35. The molecule has 6 rings (SSSR count). The van der Waals surface area contributed by atoms with E-state index in [0.29, 0.717) is 15.6 Å². The molecule has 14 heteroatoms. The molecule has 3 heterocycles. The number of thioether (sulfide) groups is 1. The molecule has 10 nitrogen and oxygen atoms in total. The second-order valence-electron chi connectivity index (χ2n) is 9.68. The largest absolute Gasteiger partial charge is 0.325 e. The number of imide groups is 1. The molecule has 0 radical (unpaired) electrons. The fourth-order valence-corrected chi connectivity index (χ4v) is 8.48. The van der Waals surface area contributed by atoms with E-state index in [-0.39, 0.29) is 17.1 Å². The molecule has 2 aliphatic rings. The molecule has 0 bridgehead atoms. The molecule has 0 aliphatic carbocycles. The number of nitrogens with one attached hydrogen (secondary N) is 1. The number of benzene rings is 3. The maximum atomic E-state index is 13.8. The zero-order chi connectivity index (χ0) is 29.8. The SMILES string of the molecule is NS(=O)(=O)c1ccc(NC(=O)Cn2c3c(sc2=O)[C@H](c2ccccc2)C2C(=O)N(c4ccc(F)cc4)C(=O)C2S3)cc1. The topological polar surface area (TPSA) is 149 Å². The van der Waals surface area contributed by atoms with Crippen LogP contribution in [0.5, 0.6) is 0 Å². The lowest BCUT2D eigenvalue weighted by Crippen LogP contribution is -2.33. The van der Waals surface area contributed by atoms with Crippen LogP contribution in [0.3, 0.4) is 0 Å². The number of halogens is 1. The highest BCUT2D eigenvalue weighted by molar-refractivity contribution is 8.00. The molecule has 0 saturated carbocycles. The van der Waals surface area contributed by atoms with E-state index in [4.69, 9.17) is 5.14 Å². The zero-order valence-corrected chi connectivity index (χ0v) is 23.9. The van der Waals surface area contributed by atoms with Gasteiger partial charge in [-0.25, -0.2) is 22.8 Å². The number of rotatable bonds is 6. The van der Waals surface area contributed by atoms with Crippen molar-refractivity contribution in [2.75, 3.05) is 10.2 Å². The third-order valence-corrected chi connectivity index (χ3v) is 10.6. The Morgan fingerprint density at radius 2 is 1.60 bits per heavy atom. The van der Waals surface area contributed by atoms with E-state index in [0.717, 1.165) is 33.6 Å². The van der Waals surface area contributed by atoms with Crippen LogP contribution < -0.4 is 20.2 Å². The van der Waals surface area contributed by atoms with Crippen LogP contribution in [0.25, 0.3) is 0 Å². The second-order valence-corrected chi connectivity index (χ2v) is 13.4. The molecule has 2 unspecified atom stereocenters. The summed E-state index contributed by atoms with van der Waals surface area (Å²) >= 11 is 1.98. The molecule has 3 atom stereocenters. The minimum absolute atomic E-state index is 0.119. The van der Waals surface area contributed by atoms with Gasteiger partial charge < -0.3 is 5.32 Å². The van der Waals surface area contributed by atoms with Gasteiger partial charge in [-0.3, -0.25) is 23.7 Å². The van der Waals surface area contributed by atoms with E-state index in [1.165, 1.54) is 53.1 Å². The van der Waals surface area contributed by atoms with Gasteiger partial charge >= 0.3 is 4.87 Å². The predicted molar refractivity (Wildman–Crippen MR) is 155 cm³/mol. The summed E-state index contributed by atoms with van der Waals surface area (Å²) in [5.41, 5.74) is 1.29. The van der Waals surface area contributed by atoms with Gasteiger partial charge in [0, 0.05) is 16.5 Å². The van der Waals surface area contributed by atoms with Crippen molar-refractivity contribution in [2.45, 2.75) is 27.6 Å². The molecular weight excluding hydrogens is 604 g/mol. The van der Waals surface area contributed by atoms with Gasteiger partial charge in [0.15, 0.2) is 0 Å². The van der Waals surface area contributed by atoms with E-state index in [1.807, 2.05) is 18.2 Å². The average Bonchev–Trinajstić information content (AvgIpc) is 3.40. The number of hydrogen-bond acceptors (Lipinski definition) is 8. The summed E-state index contributed by atoms with van der Waals surface area (Å²) in [6, 6.07) is 19.4. The van der Waals surface area contributed by atoms with Crippen molar-refractivity contribution in [2.24, 2.45) is 11.1 Å². The quantitative estimate of drug-likeness (QED) is 0.313. The molecule has 3 N–H and O–H groups in total. The van der Waals surface area contributed by atoms with Crippen molar-refractivity contribution in [1.29, 1.82) is 0 Å². The lowest BCUT2D eigenvalue weighted by atomic mass is 9.83. The molecule has 0 spiro atoms. The fraction of sp³-hybridized carbons (Fsp3) is 0.143. The predicted octanol–water partition coefficient (Wildman–Crippen LogP) is 3.13. The van der Waals surface area contributed by atoms with E-state index in [1.54, 1.807) is 12.1 Å². The molecular formula is C28H21FN4O6S3. The number of carbonyl (C=O) groups is 3. The summed E-state index contributed by atoms with van der Waals surface area (Å²) in [5, 5.41) is 7.29. The Morgan fingerprint density at radius 3 is 2.24 bits per heavy atom. The number of amides is 3. The van der Waals surface area contributed by atoms with Crippen molar-refractivity contribution in [1.82, 2.24) is 4.57 Å². The lowest BCUT2D eigenvalue weighted by Gasteiger charge is -2.30.